The van der Waals surface area contributed by atoms with E-state index < -0.39 is 0 Å². The van der Waals surface area contributed by atoms with Gasteiger partial charge in [0, 0.05) is 5.56 Å². The van der Waals surface area contributed by atoms with Crippen LogP contribution in [-0.4, -0.2) is 25.5 Å². The van der Waals surface area contributed by atoms with Crippen molar-refractivity contribution in [1.29, 1.82) is 0 Å². The van der Waals surface area contributed by atoms with Gasteiger partial charge in [-0.25, -0.2) is 0 Å². The van der Waals surface area contributed by atoms with Crippen LogP contribution in [0.2, 0.25) is 0 Å². The van der Waals surface area contributed by atoms with E-state index in [-0.39, 0.29) is 6.61 Å². The van der Waals surface area contributed by atoms with Gasteiger partial charge >= 0.3 is 0 Å². The number of benzene rings is 1. The van der Waals surface area contributed by atoms with E-state index in [4.69, 9.17) is 10.3 Å². The van der Waals surface area contributed by atoms with Crippen LogP contribution in [0.25, 0.3) is 11.0 Å². The lowest BCUT2D eigenvalue weighted by molar-refractivity contribution is 0.155. The van der Waals surface area contributed by atoms with Gasteiger partial charge < -0.3 is 10.3 Å². The van der Waals surface area contributed by atoms with Crippen LogP contribution in [0.15, 0.2) is 18.2 Å². The summed E-state index contributed by atoms with van der Waals surface area (Å²) in [6.07, 6.45) is 0. The number of hydrogen-bond acceptors (Lipinski definition) is 4. The number of nitrogens with zero attached hydrogens (tertiary/aromatic N) is 3. The van der Waals surface area contributed by atoms with Crippen molar-refractivity contribution in [2.24, 2.45) is 0 Å². The third kappa shape index (κ3) is 0.835. The summed E-state index contributed by atoms with van der Waals surface area (Å²) in [6, 6.07) is 5.13. The van der Waals surface area contributed by atoms with Crippen LogP contribution < -0.4 is 0 Å². The molecule has 0 unspecified atom stereocenters. The molecule has 0 aliphatic heterocycles. The molecule has 1 aromatic carbocycles. The van der Waals surface area contributed by atoms with Crippen LogP contribution in [0.3, 0.4) is 0 Å². The zero-order valence-corrected chi connectivity index (χ0v) is 6.18. The van der Waals surface area contributed by atoms with Gasteiger partial charge in [0.15, 0.2) is 0 Å². The first-order valence-electron chi connectivity index (χ1n) is 3.46. The molecule has 2 aromatic rings. The SMILES string of the molecule is OCc1cccc2c1nnn2O. The highest BCUT2D eigenvalue weighted by atomic mass is 16.5. The van der Waals surface area contributed by atoms with E-state index in [9.17, 15) is 0 Å². The second-order valence-electron chi connectivity index (χ2n) is 2.42. The number of hydrogen-bond donors (Lipinski definition) is 2. The molecule has 5 heteroatoms. The van der Waals surface area contributed by atoms with Gasteiger partial charge in [0.05, 0.1) is 6.61 Å². The molecular weight excluding hydrogens is 158 g/mol. The van der Waals surface area contributed by atoms with E-state index in [0.717, 1.165) is 0 Å². The van der Waals surface area contributed by atoms with Gasteiger partial charge in [-0.3, -0.25) is 0 Å². The molecule has 1 aromatic heterocycles. The van der Waals surface area contributed by atoms with Gasteiger partial charge in [-0.1, -0.05) is 17.0 Å². The van der Waals surface area contributed by atoms with E-state index in [1.165, 1.54) is 0 Å². The molecule has 1 heterocycles. The molecule has 0 radical (unpaired) electrons. The van der Waals surface area contributed by atoms with Crippen molar-refractivity contribution in [1.82, 2.24) is 15.2 Å². The number of aliphatic hydroxyl groups excluding tert-OH is 1. The average molecular weight is 165 g/mol. The maximum absolute atomic E-state index is 9.09. The third-order valence-corrected chi connectivity index (χ3v) is 1.71. The van der Waals surface area contributed by atoms with Gasteiger partial charge in [0.1, 0.15) is 11.0 Å². The van der Waals surface area contributed by atoms with Gasteiger partial charge in [-0.2, -0.15) is 0 Å². The topological polar surface area (TPSA) is 71.2 Å². The molecule has 0 saturated carbocycles. The normalized spacial score (nSPS) is 10.8. The Morgan fingerprint density at radius 2 is 2.25 bits per heavy atom. The lowest BCUT2D eigenvalue weighted by Gasteiger charge is -1.94. The fourth-order valence-electron chi connectivity index (χ4n) is 1.12. The van der Waals surface area contributed by atoms with Crippen molar-refractivity contribution in [2.75, 3.05) is 0 Å². The Morgan fingerprint density at radius 3 is 3.00 bits per heavy atom. The Labute approximate surface area is 67.8 Å². The molecule has 2 rings (SSSR count). The molecule has 0 aliphatic carbocycles. The zero-order valence-electron chi connectivity index (χ0n) is 6.18. The van der Waals surface area contributed by atoms with Crippen molar-refractivity contribution in [3.05, 3.63) is 23.8 Å². The van der Waals surface area contributed by atoms with Gasteiger partial charge in [-0.05, 0) is 11.3 Å². The first-order valence-corrected chi connectivity index (χ1v) is 3.46. The van der Waals surface area contributed by atoms with E-state index in [1.807, 2.05) is 0 Å². The summed E-state index contributed by atoms with van der Waals surface area (Å²) in [7, 11) is 0. The van der Waals surface area contributed by atoms with Crippen LogP contribution in [0.4, 0.5) is 0 Å². The second kappa shape index (κ2) is 2.46. The summed E-state index contributed by atoms with van der Waals surface area (Å²) in [5.74, 6) is 0. The molecule has 0 amide bonds. The Hall–Kier alpha value is -1.62. The lowest BCUT2D eigenvalue weighted by atomic mass is 10.2. The molecule has 0 bridgehead atoms. The molecule has 62 valence electrons. The Kier molecular flexibility index (Phi) is 1.44. The maximum atomic E-state index is 9.09. The van der Waals surface area contributed by atoms with Gasteiger partial charge in [0.2, 0.25) is 0 Å². The van der Waals surface area contributed by atoms with Crippen LogP contribution in [0.1, 0.15) is 5.56 Å². The van der Waals surface area contributed by atoms with Crippen molar-refractivity contribution >= 4 is 11.0 Å². The molecule has 0 spiro atoms. The molecule has 12 heavy (non-hydrogen) atoms. The van der Waals surface area contributed by atoms with E-state index in [2.05, 4.69) is 10.3 Å². The minimum atomic E-state index is -0.101. The third-order valence-electron chi connectivity index (χ3n) is 1.71. The van der Waals surface area contributed by atoms with Crippen LogP contribution >= 0.6 is 0 Å². The predicted octanol–water partition coefficient (Wildman–Crippen LogP) is 0.161. The highest BCUT2D eigenvalue weighted by molar-refractivity contribution is 5.77. The molecule has 0 fully saturated rings. The minimum Gasteiger partial charge on any atom is -0.410 e. The highest BCUT2D eigenvalue weighted by Crippen LogP contribution is 2.14. The predicted molar refractivity (Wildman–Crippen MR) is 40.6 cm³/mol. The Bertz CT molecular complexity index is 410. The summed E-state index contributed by atoms with van der Waals surface area (Å²) >= 11 is 0. The van der Waals surface area contributed by atoms with Gasteiger partial charge in [0.25, 0.3) is 0 Å². The summed E-state index contributed by atoms with van der Waals surface area (Å²) < 4.78 is 0. The lowest BCUT2D eigenvalue weighted by Crippen LogP contribution is -1.91. The van der Waals surface area contributed by atoms with Crippen molar-refractivity contribution < 1.29 is 10.3 Å². The largest absolute Gasteiger partial charge is 0.410 e. The first kappa shape index (κ1) is 7.05. The van der Waals surface area contributed by atoms with E-state index in [0.29, 0.717) is 21.4 Å². The Morgan fingerprint density at radius 1 is 1.42 bits per heavy atom. The molecule has 5 nitrogen and oxygen atoms in total. The van der Waals surface area contributed by atoms with Crippen LogP contribution in [0.5, 0.6) is 0 Å². The van der Waals surface area contributed by atoms with Crippen LogP contribution in [-0.2, 0) is 6.61 Å². The fourth-order valence-corrected chi connectivity index (χ4v) is 1.12. The quantitative estimate of drug-likeness (QED) is 0.590. The Balaban J connectivity index is 2.81. The number of aliphatic hydroxyl groups is 1. The van der Waals surface area contributed by atoms with E-state index in [1.54, 1.807) is 18.2 Å². The summed E-state index contributed by atoms with van der Waals surface area (Å²) in [6.45, 7) is -0.101. The molecule has 2 N–H and O–H groups in total. The highest BCUT2D eigenvalue weighted by Gasteiger charge is 2.05. The number of aromatic nitrogens is 3. The standard InChI is InChI=1S/C7H7N3O2/c11-4-5-2-1-3-6-7(5)8-9-10(6)12/h1-3,11-12H,4H2. The van der Waals surface area contributed by atoms with Gasteiger partial charge in [-0.15, -0.1) is 5.10 Å². The molecule has 0 aliphatic rings. The first-order chi connectivity index (χ1) is 5.83. The van der Waals surface area contributed by atoms with Crippen molar-refractivity contribution in [3.8, 4) is 0 Å². The van der Waals surface area contributed by atoms with Crippen molar-refractivity contribution in [2.45, 2.75) is 6.61 Å². The zero-order chi connectivity index (χ0) is 8.55. The smallest absolute Gasteiger partial charge is 0.131 e. The number of rotatable bonds is 1. The maximum Gasteiger partial charge on any atom is 0.131 e. The molecule has 0 saturated heterocycles. The number of fused-ring (bicyclic) bond motifs is 1. The molecule has 0 atom stereocenters. The minimum absolute atomic E-state index is 0.101. The molecular formula is C7H7N3O2. The summed E-state index contributed by atoms with van der Waals surface area (Å²) in [5, 5.41) is 25.1. The monoisotopic (exact) mass is 165 g/mol. The summed E-state index contributed by atoms with van der Waals surface area (Å²) in [4.78, 5) is 0.689. The second-order valence-corrected chi connectivity index (χ2v) is 2.42. The average Bonchev–Trinajstić information content (AvgIpc) is 2.48. The van der Waals surface area contributed by atoms with E-state index >= 15 is 0 Å². The fraction of sp³-hybridized carbons (Fsp3) is 0.143. The summed E-state index contributed by atoms with van der Waals surface area (Å²) in [5.41, 5.74) is 1.69. The van der Waals surface area contributed by atoms with Crippen molar-refractivity contribution in [3.63, 3.8) is 0 Å². The van der Waals surface area contributed by atoms with Crippen LogP contribution in [0, 0.1) is 0 Å².